The van der Waals surface area contributed by atoms with E-state index in [2.05, 4.69) is 15.6 Å². The zero-order chi connectivity index (χ0) is 19.4. The van der Waals surface area contributed by atoms with E-state index in [0.717, 1.165) is 11.3 Å². The number of aromatic nitrogens is 1. The van der Waals surface area contributed by atoms with Gasteiger partial charge in [-0.1, -0.05) is 41.9 Å². The predicted octanol–water partition coefficient (Wildman–Crippen LogP) is 4.32. The molecular weight excluding hydrogens is 362 g/mol. The molecule has 1 aromatic heterocycles. The molecule has 136 valence electrons. The summed E-state index contributed by atoms with van der Waals surface area (Å²) in [6, 6.07) is 18.0. The van der Waals surface area contributed by atoms with Gasteiger partial charge in [0.25, 0.3) is 11.8 Å². The Balaban J connectivity index is 1.86. The van der Waals surface area contributed by atoms with Crippen LogP contribution >= 0.6 is 11.6 Å². The smallest absolute Gasteiger partial charge is 0.257 e. The van der Waals surface area contributed by atoms with E-state index in [1.807, 2.05) is 30.3 Å². The maximum absolute atomic E-state index is 12.7. The van der Waals surface area contributed by atoms with Crippen molar-refractivity contribution in [2.24, 2.45) is 0 Å². The van der Waals surface area contributed by atoms with Crippen LogP contribution in [-0.2, 0) is 0 Å². The molecule has 0 aliphatic rings. The van der Waals surface area contributed by atoms with Crippen molar-refractivity contribution in [2.45, 2.75) is 6.92 Å². The van der Waals surface area contributed by atoms with Crippen LogP contribution in [0.4, 0.5) is 5.69 Å². The van der Waals surface area contributed by atoms with Crippen molar-refractivity contribution < 1.29 is 9.59 Å². The van der Waals surface area contributed by atoms with Crippen LogP contribution in [0.25, 0.3) is 11.3 Å². The largest absolute Gasteiger partial charge is 0.355 e. The first-order valence-electron chi connectivity index (χ1n) is 8.35. The first-order chi connectivity index (χ1) is 13.0. The van der Waals surface area contributed by atoms with Gasteiger partial charge in [0.05, 0.1) is 27.7 Å². The van der Waals surface area contributed by atoms with Gasteiger partial charge in [0.15, 0.2) is 0 Å². The number of halogens is 1. The van der Waals surface area contributed by atoms with Gasteiger partial charge in [-0.05, 0) is 37.3 Å². The Bertz CT molecular complexity index is 1000. The molecule has 0 bridgehead atoms. The third kappa shape index (κ3) is 4.15. The Morgan fingerprint density at radius 3 is 2.37 bits per heavy atom. The standard InChI is InChI=1S/C21H18ClN3O2/c1-13-16(9-11-18(24-13)14-6-4-3-5-7-14)21(27)25-19-12-15(20(26)23-2)8-10-17(19)22/h3-12H,1-2H3,(H,23,26)(H,25,27). The highest BCUT2D eigenvalue weighted by atomic mass is 35.5. The van der Waals surface area contributed by atoms with E-state index in [9.17, 15) is 9.59 Å². The number of nitrogens with one attached hydrogen (secondary N) is 2. The molecule has 2 N–H and O–H groups in total. The minimum atomic E-state index is -0.337. The number of nitrogens with zero attached hydrogens (tertiary/aromatic N) is 1. The van der Waals surface area contributed by atoms with E-state index < -0.39 is 0 Å². The molecular formula is C21H18ClN3O2. The molecule has 0 saturated heterocycles. The Hall–Kier alpha value is -3.18. The van der Waals surface area contributed by atoms with Crippen molar-refractivity contribution in [2.75, 3.05) is 12.4 Å². The third-order valence-electron chi connectivity index (χ3n) is 4.10. The molecule has 0 radical (unpaired) electrons. The zero-order valence-electron chi connectivity index (χ0n) is 14.9. The number of benzene rings is 2. The molecule has 5 nitrogen and oxygen atoms in total. The number of carbonyl (C=O) groups excluding carboxylic acids is 2. The van der Waals surface area contributed by atoms with Gasteiger partial charge in [-0.2, -0.15) is 0 Å². The normalized spacial score (nSPS) is 10.3. The summed E-state index contributed by atoms with van der Waals surface area (Å²) in [5.74, 6) is -0.595. The van der Waals surface area contributed by atoms with Crippen LogP contribution < -0.4 is 10.6 Å². The molecule has 6 heteroatoms. The molecule has 3 rings (SSSR count). The van der Waals surface area contributed by atoms with Gasteiger partial charge in [0, 0.05) is 18.2 Å². The van der Waals surface area contributed by atoms with Crippen molar-refractivity contribution in [3.63, 3.8) is 0 Å². The molecule has 0 saturated carbocycles. The number of amides is 2. The van der Waals surface area contributed by atoms with Crippen molar-refractivity contribution >= 4 is 29.1 Å². The fourth-order valence-electron chi connectivity index (χ4n) is 2.67. The first kappa shape index (κ1) is 18.6. The maximum atomic E-state index is 12.7. The van der Waals surface area contributed by atoms with Gasteiger partial charge >= 0.3 is 0 Å². The number of aryl methyl sites for hydroxylation is 1. The lowest BCUT2D eigenvalue weighted by Gasteiger charge is -2.11. The van der Waals surface area contributed by atoms with Crippen LogP contribution in [-0.4, -0.2) is 23.8 Å². The highest BCUT2D eigenvalue weighted by Gasteiger charge is 2.14. The van der Waals surface area contributed by atoms with Crippen LogP contribution in [0.5, 0.6) is 0 Å². The summed E-state index contributed by atoms with van der Waals surface area (Å²) < 4.78 is 0. The molecule has 0 unspecified atom stereocenters. The van der Waals surface area contributed by atoms with E-state index in [4.69, 9.17) is 11.6 Å². The Labute approximate surface area is 162 Å². The van der Waals surface area contributed by atoms with E-state index in [0.29, 0.717) is 27.5 Å². The second-order valence-corrected chi connectivity index (χ2v) is 6.33. The topological polar surface area (TPSA) is 71.1 Å². The molecule has 0 aliphatic carbocycles. The summed E-state index contributed by atoms with van der Waals surface area (Å²) in [7, 11) is 1.54. The van der Waals surface area contributed by atoms with Gasteiger partial charge < -0.3 is 10.6 Å². The SMILES string of the molecule is CNC(=O)c1ccc(Cl)c(NC(=O)c2ccc(-c3ccccc3)nc2C)c1. The Kier molecular flexibility index (Phi) is 5.52. The number of rotatable bonds is 4. The molecule has 27 heavy (non-hydrogen) atoms. The van der Waals surface area contributed by atoms with Crippen LogP contribution in [0.1, 0.15) is 26.4 Å². The minimum absolute atomic E-state index is 0.257. The van der Waals surface area contributed by atoms with Gasteiger partial charge in [-0.15, -0.1) is 0 Å². The number of carbonyl (C=O) groups is 2. The molecule has 0 aliphatic heterocycles. The van der Waals surface area contributed by atoms with Crippen molar-refractivity contribution in [1.82, 2.24) is 10.3 Å². The Morgan fingerprint density at radius 1 is 0.963 bits per heavy atom. The van der Waals surface area contributed by atoms with E-state index in [1.54, 1.807) is 44.3 Å². The van der Waals surface area contributed by atoms with E-state index in [1.165, 1.54) is 0 Å². The average molecular weight is 380 g/mol. The second kappa shape index (κ2) is 8.01. The van der Waals surface area contributed by atoms with Crippen molar-refractivity contribution in [1.29, 1.82) is 0 Å². The number of anilines is 1. The first-order valence-corrected chi connectivity index (χ1v) is 8.73. The summed E-state index contributed by atoms with van der Waals surface area (Å²) in [6.07, 6.45) is 0. The fourth-order valence-corrected chi connectivity index (χ4v) is 2.83. The number of hydrogen-bond donors (Lipinski definition) is 2. The molecule has 0 fully saturated rings. The van der Waals surface area contributed by atoms with Gasteiger partial charge in [0.1, 0.15) is 0 Å². The summed E-state index contributed by atoms with van der Waals surface area (Å²) in [5.41, 5.74) is 3.60. The Morgan fingerprint density at radius 2 is 1.70 bits per heavy atom. The van der Waals surface area contributed by atoms with Crippen LogP contribution in [0.3, 0.4) is 0 Å². The number of pyridine rings is 1. The highest BCUT2D eigenvalue weighted by Crippen LogP contribution is 2.25. The molecule has 1 heterocycles. The summed E-state index contributed by atoms with van der Waals surface area (Å²) >= 11 is 6.16. The summed E-state index contributed by atoms with van der Waals surface area (Å²) in [6.45, 7) is 1.78. The lowest BCUT2D eigenvalue weighted by molar-refractivity contribution is 0.0961. The minimum Gasteiger partial charge on any atom is -0.355 e. The molecule has 0 spiro atoms. The molecule has 2 amide bonds. The van der Waals surface area contributed by atoms with Gasteiger partial charge in [0.2, 0.25) is 0 Å². The van der Waals surface area contributed by atoms with E-state index in [-0.39, 0.29) is 11.8 Å². The third-order valence-corrected chi connectivity index (χ3v) is 4.43. The van der Waals surface area contributed by atoms with Gasteiger partial charge in [-0.25, -0.2) is 0 Å². The quantitative estimate of drug-likeness (QED) is 0.709. The maximum Gasteiger partial charge on any atom is 0.257 e. The van der Waals surface area contributed by atoms with Crippen LogP contribution in [0.2, 0.25) is 5.02 Å². The summed E-state index contributed by atoms with van der Waals surface area (Å²) in [5, 5.41) is 5.64. The summed E-state index contributed by atoms with van der Waals surface area (Å²) in [4.78, 5) is 29.0. The lowest BCUT2D eigenvalue weighted by Crippen LogP contribution is -2.19. The number of hydrogen-bond acceptors (Lipinski definition) is 3. The predicted molar refractivity (Wildman–Crippen MR) is 107 cm³/mol. The average Bonchev–Trinajstić information content (AvgIpc) is 2.69. The monoisotopic (exact) mass is 379 g/mol. The fraction of sp³-hybridized carbons (Fsp3) is 0.0952. The van der Waals surface area contributed by atoms with Gasteiger partial charge in [-0.3, -0.25) is 14.6 Å². The van der Waals surface area contributed by atoms with Crippen molar-refractivity contribution in [3.8, 4) is 11.3 Å². The molecule has 2 aromatic carbocycles. The van der Waals surface area contributed by atoms with Crippen molar-refractivity contribution in [3.05, 3.63) is 82.5 Å². The lowest BCUT2D eigenvalue weighted by atomic mass is 10.1. The second-order valence-electron chi connectivity index (χ2n) is 5.92. The van der Waals surface area contributed by atoms with Crippen LogP contribution in [0, 0.1) is 6.92 Å². The van der Waals surface area contributed by atoms with Crippen LogP contribution in [0.15, 0.2) is 60.7 Å². The highest BCUT2D eigenvalue weighted by molar-refractivity contribution is 6.34. The zero-order valence-corrected chi connectivity index (χ0v) is 15.7. The molecule has 3 aromatic rings. The molecule has 0 atom stereocenters. The van der Waals surface area contributed by atoms with E-state index >= 15 is 0 Å².